The second-order valence-corrected chi connectivity index (χ2v) is 14.3. The molecule has 10 rings (SSSR count). The second kappa shape index (κ2) is 10.6. The summed E-state index contributed by atoms with van der Waals surface area (Å²) in [4.78, 5) is 35.0. The second-order valence-electron chi connectivity index (χ2n) is 14.3. The van der Waals surface area contributed by atoms with Crippen LogP contribution in [0.5, 0.6) is 0 Å². The SMILES string of the molecule is C=C1Cc2nc3nc(nc4[nH]c(nc5nc(nc1c1cc(C)c(C)cc21)-c1cc(C)c(C)cc1-5)c1cc(C)c(C)cc41)-c1cc(C)c(C)cc1-3. The summed E-state index contributed by atoms with van der Waals surface area (Å²) in [5.74, 6) is 2.54. The lowest BCUT2D eigenvalue weighted by Gasteiger charge is -2.16. The molecule has 0 saturated carbocycles. The van der Waals surface area contributed by atoms with Crippen LogP contribution in [0.25, 0.3) is 84.0 Å². The zero-order chi connectivity index (χ0) is 34.7. The number of aromatic nitrogens is 7. The summed E-state index contributed by atoms with van der Waals surface area (Å²) in [5.41, 5.74) is 17.4. The summed E-state index contributed by atoms with van der Waals surface area (Å²) in [6.07, 6.45) is 0.539. The molecular weight excluding hydrogens is 615 g/mol. The van der Waals surface area contributed by atoms with Crippen molar-refractivity contribution in [3.63, 3.8) is 0 Å². The van der Waals surface area contributed by atoms with E-state index in [0.29, 0.717) is 41.0 Å². The fourth-order valence-electron chi connectivity index (χ4n) is 7.29. The van der Waals surface area contributed by atoms with Gasteiger partial charge in [-0.2, -0.15) is 0 Å². The summed E-state index contributed by atoms with van der Waals surface area (Å²) >= 11 is 0. The molecule has 1 N–H and O–H groups in total. The lowest BCUT2D eigenvalue weighted by atomic mass is 9.91. The number of nitrogens with one attached hydrogen (secondary N) is 1. The third kappa shape index (κ3) is 4.49. The first kappa shape index (κ1) is 30.3. The first-order valence-electron chi connectivity index (χ1n) is 17.1. The van der Waals surface area contributed by atoms with Gasteiger partial charge in [0.2, 0.25) is 0 Å². The van der Waals surface area contributed by atoms with Gasteiger partial charge in [0.25, 0.3) is 0 Å². The topological polar surface area (TPSA) is 93.1 Å². The zero-order valence-corrected chi connectivity index (χ0v) is 29.7. The Balaban J connectivity index is 1.53. The van der Waals surface area contributed by atoms with Crippen molar-refractivity contribution in [2.75, 3.05) is 0 Å². The summed E-state index contributed by atoms with van der Waals surface area (Å²) < 4.78 is 0. The number of rotatable bonds is 0. The lowest BCUT2D eigenvalue weighted by Crippen LogP contribution is -2.04. The zero-order valence-electron chi connectivity index (χ0n) is 29.7. The standard InChI is InChI=1S/C43H37N7/c1-19-10-28-29(11-20(19)2)37-27(9)18-36(28)44-38-30-12-21(3)23(5)14-32(30)40(46-38)48-42-34-16-25(7)26(8)17-35(34)43(50-42)49-41-33-15-24(6)22(4)13-31(33)39(45-37)47-41/h10-17H,9,18H2,1-8H3,(H,44,45,46,47,48,49,50). The highest BCUT2D eigenvalue weighted by molar-refractivity contribution is 6.06. The Labute approximate surface area is 291 Å². The van der Waals surface area contributed by atoms with Crippen LogP contribution in [0, 0.1) is 55.4 Å². The summed E-state index contributed by atoms with van der Waals surface area (Å²) in [5, 5.41) is 4.01. The van der Waals surface area contributed by atoms with Crippen molar-refractivity contribution >= 4 is 38.4 Å². The van der Waals surface area contributed by atoms with E-state index in [0.717, 1.165) is 60.8 Å². The van der Waals surface area contributed by atoms with Crippen molar-refractivity contribution in [3.05, 3.63) is 111 Å². The van der Waals surface area contributed by atoms with Crippen LogP contribution >= 0.6 is 0 Å². The number of aromatic amines is 1. The maximum absolute atomic E-state index is 5.33. The van der Waals surface area contributed by atoms with Gasteiger partial charge < -0.3 is 4.98 Å². The highest BCUT2D eigenvalue weighted by Crippen LogP contribution is 2.40. The van der Waals surface area contributed by atoms with Crippen molar-refractivity contribution < 1.29 is 0 Å². The molecule has 0 unspecified atom stereocenters. The minimum absolute atomic E-state index is 0.539. The Morgan fingerprint density at radius 2 is 0.780 bits per heavy atom. The molecule has 1 aliphatic carbocycles. The van der Waals surface area contributed by atoms with Gasteiger partial charge in [-0.3, -0.25) is 0 Å². The fourth-order valence-corrected chi connectivity index (χ4v) is 7.29. The molecule has 8 bridgehead atoms. The van der Waals surface area contributed by atoms with Crippen molar-refractivity contribution in [1.82, 2.24) is 34.9 Å². The predicted octanol–water partition coefficient (Wildman–Crippen LogP) is 9.99. The van der Waals surface area contributed by atoms with E-state index in [4.69, 9.17) is 29.9 Å². The molecule has 7 heteroatoms. The molecule has 5 heterocycles. The highest BCUT2D eigenvalue weighted by atomic mass is 15.0. The van der Waals surface area contributed by atoms with Crippen LogP contribution in [0.2, 0.25) is 0 Å². The quantitative estimate of drug-likeness (QED) is 0.175. The maximum Gasteiger partial charge on any atom is 0.164 e. The fraction of sp³-hybridized carbons (Fsp3) is 0.209. The molecule has 2 aromatic heterocycles. The Hall–Kier alpha value is -5.82. The van der Waals surface area contributed by atoms with Gasteiger partial charge in [-0.25, -0.2) is 29.9 Å². The highest BCUT2D eigenvalue weighted by Gasteiger charge is 2.25. The van der Waals surface area contributed by atoms with Gasteiger partial charge in [0.1, 0.15) is 11.3 Å². The molecule has 0 fully saturated rings. The van der Waals surface area contributed by atoms with Gasteiger partial charge in [-0.05, 0) is 154 Å². The van der Waals surface area contributed by atoms with Crippen molar-refractivity contribution in [2.24, 2.45) is 0 Å². The number of aryl methyl sites for hydroxylation is 8. The third-order valence-electron chi connectivity index (χ3n) is 10.8. The Bertz CT molecular complexity index is 2790. The van der Waals surface area contributed by atoms with E-state index in [1.165, 1.54) is 44.5 Å². The number of allylic oxidation sites excluding steroid dienone is 1. The van der Waals surface area contributed by atoms with Crippen molar-refractivity contribution in [1.29, 1.82) is 0 Å². The monoisotopic (exact) mass is 651 g/mol. The van der Waals surface area contributed by atoms with Gasteiger partial charge in [-0.1, -0.05) is 6.58 Å². The van der Waals surface area contributed by atoms with E-state index in [1.807, 2.05) is 0 Å². The lowest BCUT2D eigenvalue weighted by molar-refractivity contribution is 1.10. The van der Waals surface area contributed by atoms with E-state index in [-0.39, 0.29) is 0 Å². The van der Waals surface area contributed by atoms with E-state index in [9.17, 15) is 0 Å². The third-order valence-corrected chi connectivity index (χ3v) is 10.8. The summed E-state index contributed by atoms with van der Waals surface area (Å²) in [6, 6.07) is 17.5. The number of H-pyrrole nitrogens is 1. The normalized spacial score (nSPS) is 12.8. The molecular formula is C43H37N7. The van der Waals surface area contributed by atoms with Crippen molar-refractivity contribution in [2.45, 2.75) is 61.8 Å². The average Bonchev–Trinajstić information content (AvgIpc) is 3.67. The first-order valence-corrected chi connectivity index (χ1v) is 17.1. The molecule has 0 atom stereocenters. The number of nitrogens with zero attached hydrogens (tertiary/aromatic N) is 6. The number of fused-ring (bicyclic) bond motifs is 4. The van der Waals surface area contributed by atoms with Crippen LogP contribution in [0.1, 0.15) is 55.9 Å². The van der Waals surface area contributed by atoms with Gasteiger partial charge in [0.15, 0.2) is 23.3 Å². The molecule has 3 aliphatic heterocycles. The molecule has 244 valence electrons. The molecule has 4 aliphatic rings. The number of hydrogen-bond acceptors (Lipinski definition) is 6. The summed E-state index contributed by atoms with van der Waals surface area (Å²) in [6.45, 7) is 21.6. The van der Waals surface area contributed by atoms with Crippen LogP contribution in [0.3, 0.4) is 0 Å². The largest absolute Gasteiger partial charge is 0.324 e. The van der Waals surface area contributed by atoms with Gasteiger partial charge in [-0.15, -0.1) is 0 Å². The van der Waals surface area contributed by atoms with Crippen molar-refractivity contribution in [3.8, 4) is 45.6 Å². The molecule has 0 radical (unpaired) electrons. The van der Waals surface area contributed by atoms with Crippen LogP contribution in [0.15, 0.2) is 55.1 Å². The van der Waals surface area contributed by atoms with Crippen LogP contribution in [-0.4, -0.2) is 34.9 Å². The Morgan fingerprint density at radius 3 is 1.24 bits per heavy atom. The molecule has 6 aromatic rings. The maximum atomic E-state index is 5.33. The molecule has 0 amide bonds. The number of hydrogen-bond donors (Lipinski definition) is 1. The molecule has 0 saturated heterocycles. The molecule has 0 spiro atoms. The minimum Gasteiger partial charge on any atom is -0.324 e. The van der Waals surface area contributed by atoms with E-state index in [2.05, 4.69) is 115 Å². The van der Waals surface area contributed by atoms with E-state index in [1.54, 1.807) is 0 Å². The van der Waals surface area contributed by atoms with Gasteiger partial charge in [0, 0.05) is 50.2 Å². The minimum atomic E-state index is 0.539. The van der Waals surface area contributed by atoms with Gasteiger partial charge in [0.05, 0.1) is 11.4 Å². The molecule has 7 nitrogen and oxygen atoms in total. The van der Waals surface area contributed by atoms with Crippen LogP contribution in [0.4, 0.5) is 0 Å². The van der Waals surface area contributed by atoms with Crippen LogP contribution in [-0.2, 0) is 6.42 Å². The van der Waals surface area contributed by atoms with Crippen LogP contribution < -0.4 is 0 Å². The molecule has 4 aromatic carbocycles. The first-order chi connectivity index (χ1) is 23.9. The van der Waals surface area contributed by atoms with Gasteiger partial charge >= 0.3 is 0 Å². The van der Waals surface area contributed by atoms with E-state index >= 15 is 0 Å². The average molecular weight is 652 g/mol. The number of benzene rings is 4. The summed E-state index contributed by atoms with van der Waals surface area (Å²) in [7, 11) is 0. The van der Waals surface area contributed by atoms with E-state index < -0.39 is 0 Å². The Kier molecular flexibility index (Phi) is 6.41. The Morgan fingerprint density at radius 1 is 0.420 bits per heavy atom. The smallest absolute Gasteiger partial charge is 0.164 e. The predicted molar refractivity (Wildman–Crippen MR) is 204 cm³/mol. The molecule has 50 heavy (non-hydrogen) atoms.